The first-order valence-corrected chi connectivity index (χ1v) is 6.33. The third-order valence-corrected chi connectivity index (χ3v) is 3.64. The number of ether oxygens (including phenoxy) is 1. The Hall–Kier alpha value is -0.120. The highest BCUT2D eigenvalue weighted by atomic mass is 16.5. The number of likely N-dealkylation sites (tertiary alicyclic amines) is 1. The van der Waals surface area contributed by atoms with Gasteiger partial charge in [0.05, 0.1) is 0 Å². The maximum Gasteiger partial charge on any atom is 0.0480 e. The molecule has 2 heterocycles. The number of hydrogen-bond acceptors (Lipinski definition) is 3. The molecule has 3 heteroatoms. The van der Waals surface area contributed by atoms with Crippen molar-refractivity contribution >= 4 is 0 Å². The van der Waals surface area contributed by atoms with E-state index in [1.165, 1.54) is 32.4 Å². The summed E-state index contributed by atoms with van der Waals surface area (Å²) in [7, 11) is 0. The van der Waals surface area contributed by atoms with Crippen LogP contribution in [0.4, 0.5) is 0 Å². The van der Waals surface area contributed by atoms with Gasteiger partial charge in [0.15, 0.2) is 0 Å². The van der Waals surface area contributed by atoms with Crippen molar-refractivity contribution in [1.29, 1.82) is 0 Å². The Morgan fingerprint density at radius 2 is 1.87 bits per heavy atom. The molecular weight excluding hydrogens is 188 g/mol. The molecular formula is C12H24N2O. The summed E-state index contributed by atoms with van der Waals surface area (Å²) in [5, 5.41) is 3.78. The minimum Gasteiger partial charge on any atom is -0.381 e. The topological polar surface area (TPSA) is 24.5 Å². The average Bonchev–Trinajstić information content (AvgIpc) is 2.68. The predicted octanol–water partition coefficient (Wildman–Crippen LogP) is 1.24. The molecule has 3 nitrogen and oxygen atoms in total. The first kappa shape index (κ1) is 11.4. The fourth-order valence-electron chi connectivity index (χ4n) is 2.59. The molecule has 1 N–H and O–H groups in total. The highest BCUT2D eigenvalue weighted by Gasteiger charge is 2.26. The zero-order valence-electron chi connectivity index (χ0n) is 10.0. The molecule has 15 heavy (non-hydrogen) atoms. The summed E-state index contributed by atoms with van der Waals surface area (Å²) in [6.45, 7) is 8.96. The van der Waals surface area contributed by atoms with Crippen LogP contribution in [0.15, 0.2) is 0 Å². The molecule has 1 unspecified atom stereocenters. The van der Waals surface area contributed by atoms with Gasteiger partial charge in [0.1, 0.15) is 0 Å². The van der Waals surface area contributed by atoms with Crippen LogP contribution in [-0.2, 0) is 4.74 Å². The Kier molecular flexibility index (Phi) is 4.00. The molecule has 0 aromatic carbocycles. The van der Waals surface area contributed by atoms with Crippen LogP contribution in [0.5, 0.6) is 0 Å². The second-order valence-corrected chi connectivity index (χ2v) is 5.13. The number of hydrogen-bond donors (Lipinski definition) is 1. The molecule has 88 valence electrons. The smallest absolute Gasteiger partial charge is 0.0480 e. The van der Waals surface area contributed by atoms with E-state index in [9.17, 15) is 0 Å². The van der Waals surface area contributed by atoms with Crippen molar-refractivity contribution < 1.29 is 4.74 Å². The van der Waals surface area contributed by atoms with Crippen molar-refractivity contribution in [1.82, 2.24) is 10.2 Å². The number of nitrogens with one attached hydrogen (secondary N) is 1. The summed E-state index contributed by atoms with van der Waals surface area (Å²) < 4.78 is 5.37. The van der Waals surface area contributed by atoms with Gasteiger partial charge in [-0.25, -0.2) is 0 Å². The molecule has 2 rings (SSSR count). The van der Waals surface area contributed by atoms with Crippen LogP contribution in [0.1, 0.15) is 33.1 Å². The largest absolute Gasteiger partial charge is 0.381 e. The van der Waals surface area contributed by atoms with Crippen LogP contribution in [0.3, 0.4) is 0 Å². The Bertz CT molecular complexity index is 190. The van der Waals surface area contributed by atoms with E-state index in [1.54, 1.807) is 0 Å². The van der Waals surface area contributed by atoms with Crippen LogP contribution in [-0.4, -0.2) is 49.3 Å². The van der Waals surface area contributed by atoms with Gasteiger partial charge in [-0.15, -0.1) is 0 Å². The fourth-order valence-corrected chi connectivity index (χ4v) is 2.59. The Labute approximate surface area is 93.2 Å². The molecule has 0 bridgehead atoms. The second-order valence-electron chi connectivity index (χ2n) is 5.13. The van der Waals surface area contributed by atoms with E-state index in [-0.39, 0.29) is 0 Å². The van der Waals surface area contributed by atoms with E-state index in [0.717, 1.165) is 19.3 Å². The average molecular weight is 212 g/mol. The first-order valence-electron chi connectivity index (χ1n) is 6.33. The van der Waals surface area contributed by atoms with Gasteiger partial charge in [-0.1, -0.05) is 0 Å². The highest BCUT2D eigenvalue weighted by Crippen LogP contribution is 2.15. The van der Waals surface area contributed by atoms with E-state index in [4.69, 9.17) is 4.74 Å². The summed E-state index contributed by atoms with van der Waals surface area (Å²) in [4.78, 5) is 2.57. The fraction of sp³-hybridized carbons (Fsp3) is 1.00. The monoisotopic (exact) mass is 212 g/mol. The van der Waals surface area contributed by atoms with Crippen molar-refractivity contribution in [3.8, 4) is 0 Å². The highest BCUT2D eigenvalue weighted by molar-refractivity contribution is 4.85. The zero-order chi connectivity index (χ0) is 10.7. The third kappa shape index (κ3) is 3.16. The molecule has 2 fully saturated rings. The molecule has 0 spiro atoms. The molecule has 0 aromatic heterocycles. The molecule has 0 amide bonds. The van der Waals surface area contributed by atoms with E-state index in [1.807, 2.05) is 0 Å². The van der Waals surface area contributed by atoms with Crippen molar-refractivity contribution in [2.75, 3.05) is 26.3 Å². The van der Waals surface area contributed by atoms with E-state index < -0.39 is 0 Å². The van der Waals surface area contributed by atoms with Gasteiger partial charge < -0.3 is 10.1 Å². The summed E-state index contributed by atoms with van der Waals surface area (Å²) >= 11 is 0. The van der Waals surface area contributed by atoms with Crippen LogP contribution in [0.2, 0.25) is 0 Å². The van der Waals surface area contributed by atoms with Crippen LogP contribution in [0.25, 0.3) is 0 Å². The molecule has 1 atom stereocenters. The van der Waals surface area contributed by atoms with Gasteiger partial charge in [-0.2, -0.15) is 0 Å². The van der Waals surface area contributed by atoms with Crippen LogP contribution < -0.4 is 5.32 Å². The van der Waals surface area contributed by atoms with Gasteiger partial charge in [-0.05, 0) is 39.7 Å². The Morgan fingerprint density at radius 3 is 2.47 bits per heavy atom. The maximum atomic E-state index is 5.37. The van der Waals surface area contributed by atoms with Gasteiger partial charge >= 0.3 is 0 Å². The minimum atomic E-state index is 0.700. The van der Waals surface area contributed by atoms with Crippen molar-refractivity contribution in [3.63, 3.8) is 0 Å². The lowest BCUT2D eigenvalue weighted by Gasteiger charge is -2.27. The first-order chi connectivity index (χ1) is 7.25. The summed E-state index contributed by atoms with van der Waals surface area (Å²) in [6.07, 6.45) is 3.70. The van der Waals surface area contributed by atoms with Crippen LogP contribution in [0, 0.1) is 0 Å². The predicted molar refractivity (Wildman–Crippen MR) is 62.1 cm³/mol. The normalized spacial score (nSPS) is 30.2. The Morgan fingerprint density at radius 1 is 1.13 bits per heavy atom. The second kappa shape index (κ2) is 5.28. The van der Waals surface area contributed by atoms with Crippen LogP contribution >= 0.6 is 0 Å². The number of rotatable bonds is 3. The van der Waals surface area contributed by atoms with Gasteiger partial charge in [-0.3, -0.25) is 4.90 Å². The molecule has 0 aliphatic carbocycles. The molecule has 2 aliphatic heterocycles. The third-order valence-electron chi connectivity index (χ3n) is 3.64. The van der Waals surface area contributed by atoms with E-state index >= 15 is 0 Å². The zero-order valence-corrected chi connectivity index (χ0v) is 10.0. The minimum absolute atomic E-state index is 0.700. The van der Waals surface area contributed by atoms with E-state index in [2.05, 4.69) is 24.1 Å². The van der Waals surface area contributed by atoms with E-state index in [0.29, 0.717) is 12.1 Å². The molecule has 0 saturated carbocycles. The van der Waals surface area contributed by atoms with Gasteiger partial charge in [0, 0.05) is 37.9 Å². The molecule has 2 aliphatic rings. The quantitative estimate of drug-likeness (QED) is 0.762. The summed E-state index contributed by atoms with van der Waals surface area (Å²) in [5.41, 5.74) is 0. The van der Waals surface area contributed by atoms with Gasteiger partial charge in [0.2, 0.25) is 0 Å². The van der Waals surface area contributed by atoms with Crippen molar-refractivity contribution in [2.45, 2.75) is 51.2 Å². The van der Waals surface area contributed by atoms with Gasteiger partial charge in [0.25, 0.3) is 0 Å². The number of nitrogens with zero attached hydrogens (tertiary/aromatic N) is 1. The van der Waals surface area contributed by atoms with Crippen molar-refractivity contribution in [3.05, 3.63) is 0 Å². The SMILES string of the molecule is CC(C)N1CCC(NC2CCOCC2)C1. The lowest BCUT2D eigenvalue weighted by atomic mass is 10.1. The Balaban J connectivity index is 1.71. The summed E-state index contributed by atoms with van der Waals surface area (Å²) in [6, 6.07) is 2.12. The molecule has 0 radical (unpaired) electrons. The lowest BCUT2D eigenvalue weighted by Crippen LogP contribution is -2.43. The lowest BCUT2D eigenvalue weighted by molar-refractivity contribution is 0.0749. The molecule has 2 saturated heterocycles. The molecule has 0 aromatic rings. The van der Waals surface area contributed by atoms with Crippen molar-refractivity contribution in [2.24, 2.45) is 0 Å². The standard InChI is InChI=1S/C12H24N2O/c1-10(2)14-6-3-12(9-14)13-11-4-7-15-8-5-11/h10-13H,3-9H2,1-2H3. The summed E-state index contributed by atoms with van der Waals surface area (Å²) in [5.74, 6) is 0. The maximum absolute atomic E-state index is 5.37.